The summed E-state index contributed by atoms with van der Waals surface area (Å²) < 4.78 is 27.0. The van der Waals surface area contributed by atoms with Crippen molar-refractivity contribution in [2.45, 2.75) is 44.6 Å². The van der Waals surface area contributed by atoms with Crippen molar-refractivity contribution in [3.05, 3.63) is 54.1 Å². The number of carbonyl (C=O) groups excluding carboxylic acids is 1. The number of benzene rings is 2. The third-order valence-electron chi connectivity index (χ3n) is 5.22. The summed E-state index contributed by atoms with van der Waals surface area (Å²) in [7, 11) is -3.55. The zero-order chi connectivity index (χ0) is 21.0. The van der Waals surface area contributed by atoms with Crippen molar-refractivity contribution in [2.75, 3.05) is 29.9 Å². The van der Waals surface area contributed by atoms with Gasteiger partial charge in [-0.1, -0.05) is 6.07 Å². The maximum Gasteiger partial charge on any atom is 0.255 e. The van der Waals surface area contributed by atoms with Gasteiger partial charge in [-0.3, -0.25) is 4.79 Å². The number of nitrogens with zero attached hydrogens (tertiary/aromatic N) is 2. The molecule has 0 radical (unpaired) electrons. The van der Waals surface area contributed by atoms with Crippen LogP contribution in [0.25, 0.3) is 0 Å². The maximum atomic E-state index is 12.7. The monoisotopic (exact) mass is 415 g/mol. The Morgan fingerprint density at radius 1 is 1.10 bits per heavy atom. The molecule has 0 aliphatic carbocycles. The highest BCUT2D eigenvalue weighted by Gasteiger charge is 2.27. The summed E-state index contributed by atoms with van der Waals surface area (Å²) in [5.74, 6) is -0.326. The Labute approximate surface area is 173 Å². The lowest BCUT2D eigenvalue weighted by atomic mass is 10.2. The molecule has 0 atom stereocenters. The third-order valence-corrected chi connectivity index (χ3v) is 7.11. The Hall–Kier alpha value is -2.38. The Balaban J connectivity index is 1.74. The largest absolute Gasteiger partial charge is 0.369 e. The van der Waals surface area contributed by atoms with Crippen LogP contribution in [0.15, 0.2) is 53.4 Å². The maximum absolute atomic E-state index is 12.7. The summed E-state index contributed by atoms with van der Waals surface area (Å²) in [5.41, 5.74) is 2.09. The summed E-state index contributed by atoms with van der Waals surface area (Å²) in [4.78, 5) is 15.1. The molecule has 1 aliphatic rings. The van der Waals surface area contributed by atoms with Crippen molar-refractivity contribution >= 4 is 27.3 Å². The van der Waals surface area contributed by atoms with Crippen molar-refractivity contribution in [3.63, 3.8) is 0 Å². The zero-order valence-corrected chi connectivity index (χ0v) is 18.1. The average molecular weight is 416 g/mol. The predicted octanol–water partition coefficient (Wildman–Crippen LogP) is 3.96. The Morgan fingerprint density at radius 2 is 1.76 bits per heavy atom. The smallest absolute Gasteiger partial charge is 0.255 e. The van der Waals surface area contributed by atoms with Gasteiger partial charge in [-0.2, -0.15) is 4.31 Å². The Bertz CT molecular complexity index is 950. The summed E-state index contributed by atoms with van der Waals surface area (Å²) >= 11 is 0. The molecule has 1 aliphatic heterocycles. The van der Waals surface area contributed by atoms with E-state index >= 15 is 0 Å². The molecule has 0 spiro atoms. The highest BCUT2D eigenvalue weighted by molar-refractivity contribution is 7.89. The molecule has 156 valence electrons. The molecule has 3 rings (SSSR count). The van der Waals surface area contributed by atoms with Gasteiger partial charge in [0.2, 0.25) is 10.0 Å². The Kier molecular flexibility index (Phi) is 6.59. The van der Waals surface area contributed by atoms with E-state index in [1.165, 1.54) is 10.4 Å². The zero-order valence-electron chi connectivity index (χ0n) is 17.3. The summed E-state index contributed by atoms with van der Waals surface area (Å²) in [6.07, 6.45) is 1.75. The van der Waals surface area contributed by atoms with Crippen LogP contribution >= 0.6 is 0 Å². The van der Waals surface area contributed by atoms with Crippen molar-refractivity contribution in [1.82, 2.24) is 4.31 Å². The number of sulfonamides is 1. The van der Waals surface area contributed by atoms with E-state index in [1.54, 1.807) is 18.2 Å². The number of rotatable bonds is 7. The van der Waals surface area contributed by atoms with Crippen LogP contribution in [0, 0.1) is 0 Å². The molecule has 1 heterocycles. The molecular weight excluding hydrogens is 386 g/mol. The molecule has 1 saturated heterocycles. The van der Waals surface area contributed by atoms with E-state index in [0.29, 0.717) is 30.4 Å². The van der Waals surface area contributed by atoms with Crippen molar-refractivity contribution in [1.29, 1.82) is 0 Å². The predicted molar refractivity (Wildman–Crippen MR) is 117 cm³/mol. The highest BCUT2D eigenvalue weighted by atomic mass is 32.2. The van der Waals surface area contributed by atoms with Crippen LogP contribution in [0.4, 0.5) is 11.4 Å². The number of hydrogen-bond acceptors (Lipinski definition) is 4. The minimum atomic E-state index is -3.55. The van der Waals surface area contributed by atoms with Crippen LogP contribution in [-0.4, -0.2) is 44.3 Å². The van der Waals surface area contributed by atoms with Crippen molar-refractivity contribution < 1.29 is 13.2 Å². The SMILES string of the molecule is CCN(c1ccc(NC(=O)c2cccc(S(=O)(=O)N3CCCC3)c2)cc1)C(C)C. The third kappa shape index (κ3) is 4.79. The normalized spacial score (nSPS) is 14.9. The van der Waals surface area contributed by atoms with Gasteiger partial charge in [0.25, 0.3) is 5.91 Å². The summed E-state index contributed by atoms with van der Waals surface area (Å²) in [6, 6.07) is 14.3. The molecule has 0 unspecified atom stereocenters. The molecule has 2 aromatic rings. The van der Waals surface area contributed by atoms with Crippen LogP contribution in [0.1, 0.15) is 44.0 Å². The van der Waals surface area contributed by atoms with Crippen molar-refractivity contribution in [3.8, 4) is 0 Å². The Morgan fingerprint density at radius 3 is 2.34 bits per heavy atom. The van der Waals surface area contributed by atoms with Crippen molar-refractivity contribution in [2.24, 2.45) is 0 Å². The van der Waals surface area contributed by atoms with Gasteiger partial charge in [-0.25, -0.2) is 8.42 Å². The molecule has 6 nitrogen and oxygen atoms in total. The first-order chi connectivity index (χ1) is 13.8. The molecular formula is C22H29N3O3S. The van der Waals surface area contributed by atoms with E-state index in [9.17, 15) is 13.2 Å². The summed E-state index contributed by atoms with van der Waals surface area (Å²) in [6.45, 7) is 8.37. The van der Waals surface area contributed by atoms with Gasteiger partial charge in [0, 0.05) is 42.6 Å². The van der Waals surface area contributed by atoms with E-state index in [2.05, 4.69) is 31.0 Å². The lowest BCUT2D eigenvalue weighted by molar-refractivity contribution is 0.102. The molecule has 1 N–H and O–H groups in total. The first-order valence-electron chi connectivity index (χ1n) is 10.1. The highest BCUT2D eigenvalue weighted by Crippen LogP contribution is 2.23. The van der Waals surface area contributed by atoms with Gasteiger partial charge in [-0.05, 0) is 76.1 Å². The number of amides is 1. The van der Waals surface area contributed by atoms with Crippen LogP contribution in [0.3, 0.4) is 0 Å². The van der Waals surface area contributed by atoms with Crippen LogP contribution in [0.5, 0.6) is 0 Å². The van der Waals surface area contributed by atoms with E-state index in [0.717, 1.165) is 25.1 Å². The molecule has 2 aromatic carbocycles. The standard InChI is InChI=1S/C22H29N3O3S/c1-4-25(17(2)3)20-12-10-19(11-13-20)23-22(26)18-8-7-9-21(16-18)29(27,28)24-14-5-6-15-24/h7-13,16-17H,4-6,14-15H2,1-3H3,(H,23,26). The molecule has 0 saturated carbocycles. The first-order valence-corrected chi connectivity index (χ1v) is 11.5. The van der Waals surface area contributed by atoms with Gasteiger partial charge in [0.15, 0.2) is 0 Å². The fourth-order valence-corrected chi connectivity index (χ4v) is 5.22. The second kappa shape index (κ2) is 8.97. The molecule has 1 fully saturated rings. The average Bonchev–Trinajstić information content (AvgIpc) is 3.25. The molecule has 0 aromatic heterocycles. The van der Waals surface area contributed by atoms with Gasteiger partial charge in [-0.15, -0.1) is 0 Å². The second-order valence-electron chi connectivity index (χ2n) is 7.52. The number of nitrogens with one attached hydrogen (secondary N) is 1. The van der Waals surface area contributed by atoms with Gasteiger partial charge in [0.1, 0.15) is 0 Å². The number of anilines is 2. The van der Waals surface area contributed by atoms with Gasteiger partial charge < -0.3 is 10.2 Å². The van der Waals surface area contributed by atoms with Crippen LogP contribution in [-0.2, 0) is 10.0 Å². The number of hydrogen-bond donors (Lipinski definition) is 1. The summed E-state index contributed by atoms with van der Waals surface area (Å²) in [5, 5.41) is 2.85. The second-order valence-corrected chi connectivity index (χ2v) is 9.46. The quantitative estimate of drug-likeness (QED) is 0.743. The van der Waals surface area contributed by atoms with E-state index < -0.39 is 10.0 Å². The number of carbonyl (C=O) groups is 1. The molecule has 0 bridgehead atoms. The van der Waals surface area contributed by atoms with E-state index in [-0.39, 0.29) is 10.8 Å². The minimum absolute atomic E-state index is 0.165. The van der Waals surface area contributed by atoms with Crippen LogP contribution in [0.2, 0.25) is 0 Å². The molecule has 1 amide bonds. The van der Waals surface area contributed by atoms with Gasteiger partial charge >= 0.3 is 0 Å². The fraction of sp³-hybridized carbons (Fsp3) is 0.409. The molecule has 7 heteroatoms. The first kappa shape index (κ1) is 21.3. The van der Waals surface area contributed by atoms with E-state index in [4.69, 9.17) is 0 Å². The lowest BCUT2D eigenvalue weighted by Crippen LogP contribution is -2.30. The lowest BCUT2D eigenvalue weighted by Gasteiger charge is -2.27. The minimum Gasteiger partial charge on any atom is -0.369 e. The topological polar surface area (TPSA) is 69.7 Å². The molecule has 29 heavy (non-hydrogen) atoms. The van der Waals surface area contributed by atoms with E-state index in [1.807, 2.05) is 24.3 Å². The van der Waals surface area contributed by atoms with Crippen LogP contribution < -0.4 is 10.2 Å². The van der Waals surface area contributed by atoms with Gasteiger partial charge in [0.05, 0.1) is 4.90 Å². The fourth-order valence-electron chi connectivity index (χ4n) is 3.66.